The number of hydrogen-bond acceptors (Lipinski definition) is 2. The fourth-order valence-electron chi connectivity index (χ4n) is 2.67. The van der Waals surface area contributed by atoms with Crippen molar-refractivity contribution in [3.05, 3.63) is 64.2 Å². The zero-order valence-corrected chi connectivity index (χ0v) is 11.5. The van der Waals surface area contributed by atoms with Crippen LogP contribution in [-0.4, -0.2) is 11.4 Å². The normalized spacial score (nSPS) is 15.2. The monoisotopic (exact) mass is 272 g/mol. The number of nitrogens with zero attached hydrogens (tertiary/aromatic N) is 1. The van der Waals surface area contributed by atoms with E-state index in [-0.39, 0.29) is 0 Å². The molecule has 0 radical (unpaired) electrons. The standard InChI is InChI=1S/C16H17ClN2/c17-15-6-2-1-4-13(15)10-19-9-8-12-5-3-7-16(18)14(12)11-19/h1-7H,8-11,18H2. The number of rotatable bonds is 2. The van der Waals surface area contributed by atoms with Gasteiger partial charge in [-0.1, -0.05) is 41.9 Å². The second-order valence-corrected chi connectivity index (χ2v) is 5.44. The van der Waals surface area contributed by atoms with Crippen molar-refractivity contribution in [2.45, 2.75) is 19.5 Å². The lowest BCUT2D eigenvalue weighted by atomic mass is 9.98. The Balaban J connectivity index is 1.79. The van der Waals surface area contributed by atoms with Crippen molar-refractivity contribution in [3.63, 3.8) is 0 Å². The molecule has 1 aliphatic heterocycles. The fourth-order valence-corrected chi connectivity index (χ4v) is 2.86. The molecule has 0 fully saturated rings. The Morgan fingerprint density at radius 3 is 2.79 bits per heavy atom. The molecule has 0 saturated heterocycles. The molecule has 0 aromatic heterocycles. The molecule has 98 valence electrons. The summed E-state index contributed by atoms with van der Waals surface area (Å²) in [6.07, 6.45) is 1.06. The molecule has 19 heavy (non-hydrogen) atoms. The van der Waals surface area contributed by atoms with Crippen LogP contribution in [-0.2, 0) is 19.5 Å². The molecule has 2 aromatic carbocycles. The predicted octanol–water partition coefficient (Wildman–Crippen LogP) is 3.48. The Morgan fingerprint density at radius 2 is 1.95 bits per heavy atom. The summed E-state index contributed by atoms with van der Waals surface area (Å²) in [5.74, 6) is 0. The Bertz CT molecular complexity index is 595. The topological polar surface area (TPSA) is 29.3 Å². The summed E-state index contributed by atoms with van der Waals surface area (Å²) in [6, 6.07) is 14.2. The van der Waals surface area contributed by atoms with Gasteiger partial charge in [0.1, 0.15) is 0 Å². The largest absolute Gasteiger partial charge is 0.398 e. The van der Waals surface area contributed by atoms with Crippen molar-refractivity contribution in [3.8, 4) is 0 Å². The van der Waals surface area contributed by atoms with Crippen LogP contribution in [0.5, 0.6) is 0 Å². The maximum atomic E-state index is 6.22. The van der Waals surface area contributed by atoms with Gasteiger partial charge in [-0.15, -0.1) is 0 Å². The maximum Gasteiger partial charge on any atom is 0.0451 e. The number of halogens is 1. The number of nitrogen functional groups attached to an aromatic ring is 1. The highest BCUT2D eigenvalue weighted by atomic mass is 35.5. The van der Waals surface area contributed by atoms with Crippen LogP contribution in [0, 0.1) is 0 Å². The summed E-state index contributed by atoms with van der Waals surface area (Å²) in [5.41, 5.74) is 10.8. The van der Waals surface area contributed by atoms with Crippen LogP contribution in [0.2, 0.25) is 5.02 Å². The molecule has 0 bridgehead atoms. The molecule has 0 atom stereocenters. The van der Waals surface area contributed by atoms with Gasteiger partial charge in [0.15, 0.2) is 0 Å². The van der Waals surface area contributed by atoms with E-state index in [1.807, 2.05) is 30.3 Å². The third-order valence-corrected chi connectivity index (χ3v) is 4.11. The lowest BCUT2D eigenvalue weighted by Crippen LogP contribution is -2.30. The summed E-state index contributed by atoms with van der Waals surface area (Å²) in [4.78, 5) is 2.40. The highest BCUT2D eigenvalue weighted by molar-refractivity contribution is 6.31. The molecule has 0 amide bonds. The third kappa shape index (κ3) is 2.60. The summed E-state index contributed by atoms with van der Waals surface area (Å²) in [7, 11) is 0. The van der Waals surface area contributed by atoms with E-state index in [1.54, 1.807) is 0 Å². The van der Waals surface area contributed by atoms with Crippen LogP contribution in [0.25, 0.3) is 0 Å². The van der Waals surface area contributed by atoms with E-state index in [0.717, 1.165) is 36.8 Å². The predicted molar refractivity (Wildman–Crippen MR) is 80.1 cm³/mol. The van der Waals surface area contributed by atoms with Gasteiger partial charge in [-0.2, -0.15) is 0 Å². The van der Waals surface area contributed by atoms with Crippen molar-refractivity contribution in [1.29, 1.82) is 0 Å². The van der Waals surface area contributed by atoms with Crippen LogP contribution in [0.3, 0.4) is 0 Å². The molecule has 3 heteroatoms. The molecule has 2 nitrogen and oxygen atoms in total. The molecule has 0 spiro atoms. The van der Waals surface area contributed by atoms with Crippen molar-refractivity contribution < 1.29 is 0 Å². The number of hydrogen-bond donors (Lipinski definition) is 1. The fraction of sp³-hybridized carbons (Fsp3) is 0.250. The average molecular weight is 273 g/mol. The van der Waals surface area contributed by atoms with Gasteiger partial charge in [-0.25, -0.2) is 0 Å². The molecule has 2 N–H and O–H groups in total. The minimum Gasteiger partial charge on any atom is -0.398 e. The van der Waals surface area contributed by atoms with Gasteiger partial charge >= 0.3 is 0 Å². The molecule has 1 heterocycles. The second kappa shape index (κ2) is 5.24. The molecule has 2 aromatic rings. The van der Waals surface area contributed by atoms with Gasteiger partial charge < -0.3 is 5.73 Å². The highest BCUT2D eigenvalue weighted by Gasteiger charge is 2.18. The van der Waals surface area contributed by atoms with Crippen molar-refractivity contribution in [2.75, 3.05) is 12.3 Å². The minimum atomic E-state index is 0.842. The Labute approximate surface area is 118 Å². The van der Waals surface area contributed by atoms with Crippen molar-refractivity contribution in [2.24, 2.45) is 0 Å². The molecule has 1 aliphatic rings. The van der Waals surface area contributed by atoms with E-state index < -0.39 is 0 Å². The lowest BCUT2D eigenvalue weighted by molar-refractivity contribution is 0.246. The number of fused-ring (bicyclic) bond motifs is 1. The van der Waals surface area contributed by atoms with Gasteiger partial charge in [0.2, 0.25) is 0 Å². The van der Waals surface area contributed by atoms with Gasteiger partial charge in [-0.3, -0.25) is 4.90 Å². The molecule has 0 saturated carbocycles. The smallest absolute Gasteiger partial charge is 0.0451 e. The summed E-state index contributed by atoms with van der Waals surface area (Å²) in [6.45, 7) is 2.85. The second-order valence-electron chi connectivity index (χ2n) is 5.04. The van der Waals surface area contributed by atoms with Crippen molar-refractivity contribution >= 4 is 17.3 Å². The van der Waals surface area contributed by atoms with Crippen LogP contribution in [0.4, 0.5) is 5.69 Å². The third-order valence-electron chi connectivity index (χ3n) is 3.74. The van der Waals surface area contributed by atoms with E-state index in [2.05, 4.69) is 17.0 Å². The Morgan fingerprint density at radius 1 is 1.11 bits per heavy atom. The molecule has 0 aliphatic carbocycles. The highest BCUT2D eigenvalue weighted by Crippen LogP contribution is 2.26. The van der Waals surface area contributed by atoms with Crippen LogP contribution >= 0.6 is 11.6 Å². The van der Waals surface area contributed by atoms with Crippen LogP contribution in [0.1, 0.15) is 16.7 Å². The van der Waals surface area contributed by atoms with Gasteiger partial charge in [0, 0.05) is 30.3 Å². The SMILES string of the molecule is Nc1cccc2c1CN(Cc1ccccc1Cl)CC2. The first-order chi connectivity index (χ1) is 9.24. The van der Waals surface area contributed by atoms with Crippen LogP contribution in [0.15, 0.2) is 42.5 Å². The Hall–Kier alpha value is -1.51. The Kier molecular flexibility index (Phi) is 3.45. The number of benzene rings is 2. The minimum absolute atomic E-state index is 0.842. The van der Waals surface area contributed by atoms with Crippen molar-refractivity contribution in [1.82, 2.24) is 4.90 Å². The first-order valence-electron chi connectivity index (χ1n) is 6.56. The molecular weight excluding hydrogens is 256 g/mol. The molecular formula is C16H17ClN2. The van der Waals surface area contributed by atoms with Gasteiger partial charge in [0.25, 0.3) is 0 Å². The van der Waals surface area contributed by atoms with Crippen LogP contribution < -0.4 is 5.73 Å². The first-order valence-corrected chi connectivity index (χ1v) is 6.94. The zero-order chi connectivity index (χ0) is 13.2. The zero-order valence-electron chi connectivity index (χ0n) is 10.8. The molecule has 0 unspecified atom stereocenters. The first kappa shape index (κ1) is 12.5. The van der Waals surface area contributed by atoms with Gasteiger partial charge in [-0.05, 0) is 35.2 Å². The van der Waals surface area contributed by atoms with E-state index in [9.17, 15) is 0 Å². The summed E-state index contributed by atoms with van der Waals surface area (Å²) in [5, 5.41) is 0.842. The summed E-state index contributed by atoms with van der Waals surface area (Å²) >= 11 is 6.22. The van der Waals surface area contributed by atoms with E-state index in [1.165, 1.54) is 16.7 Å². The number of nitrogens with two attached hydrogens (primary N) is 1. The van der Waals surface area contributed by atoms with Gasteiger partial charge in [0.05, 0.1) is 0 Å². The number of anilines is 1. The van der Waals surface area contributed by atoms with E-state index in [0.29, 0.717) is 0 Å². The average Bonchev–Trinajstić information content (AvgIpc) is 2.42. The lowest BCUT2D eigenvalue weighted by Gasteiger charge is -2.29. The molecule has 3 rings (SSSR count). The quantitative estimate of drug-likeness (QED) is 0.848. The maximum absolute atomic E-state index is 6.22. The summed E-state index contributed by atoms with van der Waals surface area (Å²) < 4.78 is 0. The van der Waals surface area contributed by atoms with E-state index >= 15 is 0 Å². The van der Waals surface area contributed by atoms with E-state index in [4.69, 9.17) is 17.3 Å².